The Hall–Kier alpha value is -0.130. The zero-order chi connectivity index (χ0) is 11.5. The Kier molecular flexibility index (Phi) is 4.21. The van der Waals surface area contributed by atoms with Crippen LogP contribution in [0.2, 0.25) is 0 Å². The van der Waals surface area contributed by atoms with Crippen LogP contribution in [0.5, 0.6) is 0 Å². The third-order valence-electron chi connectivity index (χ3n) is 3.58. The second-order valence-corrected chi connectivity index (χ2v) is 6.05. The number of nitrogens with one attached hydrogen (secondary N) is 1. The molecule has 1 aromatic rings. The van der Waals surface area contributed by atoms with Crippen molar-refractivity contribution in [2.75, 3.05) is 0 Å². The molecule has 0 bridgehead atoms. The van der Waals surface area contributed by atoms with Crippen molar-refractivity contribution in [2.24, 2.45) is 17.7 Å². The standard InChI is InChI=1S/C13H19IN2/c1-9(11-4-5-11)13(16-15)8-10-2-6-12(14)7-3-10/h2-3,6-7,9,11,13,16H,4-5,8,15H2,1H3. The Morgan fingerprint density at radius 2 is 2.00 bits per heavy atom. The molecule has 88 valence electrons. The molecular formula is C13H19IN2. The largest absolute Gasteiger partial charge is 0.271 e. The Morgan fingerprint density at radius 1 is 1.38 bits per heavy atom. The summed E-state index contributed by atoms with van der Waals surface area (Å²) in [5.41, 5.74) is 4.36. The molecule has 0 spiro atoms. The zero-order valence-corrected chi connectivity index (χ0v) is 11.8. The van der Waals surface area contributed by atoms with E-state index in [1.54, 1.807) is 0 Å². The van der Waals surface area contributed by atoms with Crippen molar-refractivity contribution in [2.45, 2.75) is 32.2 Å². The fourth-order valence-corrected chi connectivity index (χ4v) is 2.58. The molecular weight excluding hydrogens is 311 g/mol. The van der Waals surface area contributed by atoms with Gasteiger partial charge < -0.3 is 0 Å². The summed E-state index contributed by atoms with van der Waals surface area (Å²) in [7, 11) is 0. The van der Waals surface area contributed by atoms with Crippen LogP contribution in [-0.2, 0) is 6.42 Å². The van der Waals surface area contributed by atoms with Crippen molar-refractivity contribution in [1.29, 1.82) is 0 Å². The van der Waals surface area contributed by atoms with Gasteiger partial charge in [-0.1, -0.05) is 19.1 Å². The van der Waals surface area contributed by atoms with Crippen molar-refractivity contribution >= 4 is 22.6 Å². The van der Waals surface area contributed by atoms with E-state index in [-0.39, 0.29) is 0 Å². The minimum atomic E-state index is 0.410. The van der Waals surface area contributed by atoms with Gasteiger partial charge in [0.1, 0.15) is 0 Å². The minimum absolute atomic E-state index is 0.410. The van der Waals surface area contributed by atoms with Gasteiger partial charge in [-0.15, -0.1) is 0 Å². The third kappa shape index (κ3) is 3.18. The maximum atomic E-state index is 5.67. The normalized spacial score (nSPS) is 19.4. The summed E-state index contributed by atoms with van der Waals surface area (Å²) in [6, 6.07) is 9.13. The van der Waals surface area contributed by atoms with Gasteiger partial charge in [-0.05, 0) is 71.4 Å². The van der Waals surface area contributed by atoms with Gasteiger partial charge in [-0.2, -0.15) is 0 Å². The molecule has 0 aliphatic heterocycles. The van der Waals surface area contributed by atoms with E-state index in [0.717, 1.165) is 12.3 Å². The van der Waals surface area contributed by atoms with E-state index in [0.29, 0.717) is 12.0 Å². The first kappa shape index (κ1) is 12.3. The van der Waals surface area contributed by atoms with Gasteiger partial charge in [0.05, 0.1) is 0 Å². The first-order valence-electron chi connectivity index (χ1n) is 5.91. The molecule has 0 saturated heterocycles. The molecule has 0 aromatic heterocycles. The van der Waals surface area contributed by atoms with Gasteiger partial charge in [0.25, 0.3) is 0 Å². The Bertz CT molecular complexity index is 332. The summed E-state index contributed by atoms with van der Waals surface area (Å²) >= 11 is 2.33. The van der Waals surface area contributed by atoms with E-state index >= 15 is 0 Å². The van der Waals surface area contributed by atoms with Gasteiger partial charge in [0.15, 0.2) is 0 Å². The van der Waals surface area contributed by atoms with Gasteiger partial charge >= 0.3 is 0 Å². The average Bonchev–Trinajstić information content (AvgIpc) is 3.11. The number of nitrogens with two attached hydrogens (primary N) is 1. The average molecular weight is 330 g/mol. The summed E-state index contributed by atoms with van der Waals surface area (Å²) in [6.07, 6.45) is 3.79. The lowest BCUT2D eigenvalue weighted by Crippen LogP contribution is -2.42. The summed E-state index contributed by atoms with van der Waals surface area (Å²) in [5.74, 6) is 7.24. The maximum absolute atomic E-state index is 5.67. The van der Waals surface area contributed by atoms with Crippen LogP contribution in [0.25, 0.3) is 0 Å². The highest BCUT2D eigenvalue weighted by molar-refractivity contribution is 14.1. The Balaban J connectivity index is 1.97. The van der Waals surface area contributed by atoms with Crippen molar-refractivity contribution in [1.82, 2.24) is 5.43 Å². The Labute approximate surface area is 111 Å². The molecule has 3 N–H and O–H groups in total. The summed E-state index contributed by atoms with van der Waals surface area (Å²) in [6.45, 7) is 2.31. The number of halogens is 1. The molecule has 2 rings (SSSR count). The topological polar surface area (TPSA) is 38.0 Å². The van der Waals surface area contributed by atoms with E-state index in [9.17, 15) is 0 Å². The predicted molar refractivity (Wildman–Crippen MR) is 75.9 cm³/mol. The van der Waals surface area contributed by atoms with Crippen LogP contribution in [0, 0.1) is 15.4 Å². The van der Waals surface area contributed by atoms with E-state index in [1.807, 2.05) is 0 Å². The summed E-state index contributed by atoms with van der Waals surface area (Å²) in [4.78, 5) is 0. The minimum Gasteiger partial charge on any atom is -0.271 e. The van der Waals surface area contributed by atoms with E-state index in [4.69, 9.17) is 5.84 Å². The van der Waals surface area contributed by atoms with Gasteiger partial charge in [-0.25, -0.2) is 0 Å². The monoisotopic (exact) mass is 330 g/mol. The number of hydrogen-bond donors (Lipinski definition) is 2. The van der Waals surface area contributed by atoms with E-state index in [2.05, 4.69) is 59.2 Å². The molecule has 0 radical (unpaired) electrons. The molecule has 0 amide bonds. The third-order valence-corrected chi connectivity index (χ3v) is 4.30. The van der Waals surface area contributed by atoms with Crippen LogP contribution in [0.15, 0.2) is 24.3 Å². The van der Waals surface area contributed by atoms with Crippen LogP contribution >= 0.6 is 22.6 Å². The van der Waals surface area contributed by atoms with Crippen molar-refractivity contribution < 1.29 is 0 Å². The molecule has 1 aliphatic rings. The lowest BCUT2D eigenvalue weighted by Gasteiger charge is -2.23. The van der Waals surface area contributed by atoms with Crippen LogP contribution in [0.4, 0.5) is 0 Å². The molecule has 1 aromatic carbocycles. The van der Waals surface area contributed by atoms with Crippen molar-refractivity contribution in [3.63, 3.8) is 0 Å². The van der Waals surface area contributed by atoms with Crippen LogP contribution in [-0.4, -0.2) is 6.04 Å². The highest BCUT2D eigenvalue weighted by Gasteiger charge is 2.32. The first-order chi connectivity index (χ1) is 7.70. The smallest absolute Gasteiger partial charge is 0.0279 e. The molecule has 3 heteroatoms. The van der Waals surface area contributed by atoms with Crippen LogP contribution in [0.1, 0.15) is 25.3 Å². The molecule has 1 saturated carbocycles. The summed E-state index contributed by atoms with van der Waals surface area (Å²) < 4.78 is 1.29. The highest BCUT2D eigenvalue weighted by atomic mass is 127. The SMILES string of the molecule is CC(C1CC1)C(Cc1ccc(I)cc1)NN. The quantitative estimate of drug-likeness (QED) is 0.495. The molecule has 1 fully saturated rings. The lowest BCUT2D eigenvalue weighted by atomic mass is 9.92. The molecule has 0 heterocycles. The van der Waals surface area contributed by atoms with E-state index < -0.39 is 0 Å². The fourth-order valence-electron chi connectivity index (χ4n) is 2.22. The number of rotatable bonds is 5. The molecule has 2 atom stereocenters. The van der Waals surface area contributed by atoms with Gasteiger partial charge in [0, 0.05) is 9.61 Å². The number of hydrazine groups is 1. The second kappa shape index (κ2) is 5.47. The maximum Gasteiger partial charge on any atom is 0.0279 e. The molecule has 2 unspecified atom stereocenters. The van der Waals surface area contributed by atoms with Crippen molar-refractivity contribution in [3.05, 3.63) is 33.4 Å². The second-order valence-electron chi connectivity index (χ2n) is 4.80. The predicted octanol–water partition coefficient (Wildman–Crippen LogP) is 2.71. The van der Waals surface area contributed by atoms with Crippen LogP contribution < -0.4 is 11.3 Å². The molecule has 16 heavy (non-hydrogen) atoms. The first-order valence-corrected chi connectivity index (χ1v) is 6.99. The van der Waals surface area contributed by atoms with Crippen LogP contribution in [0.3, 0.4) is 0 Å². The van der Waals surface area contributed by atoms with E-state index in [1.165, 1.54) is 22.0 Å². The molecule has 1 aliphatic carbocycles. The van der Waals surface area contributed by atoms with Gasteiger partial charge in [0.2, 0.25) is 0 Å². The lowest BCUT2D eigenvalue weighted by molar-refractivity contribution is 0.343. The zero-order valence-electron chi connectivity index (χ0n) is 9.62. The number of hydrogen-bond acceptors (Lipinski definition) is 2. The highest BCUT2D eigenvalue weighted by Crippen LogP contribution is 2.38. The van der Waals surface area contributed by atoms with Crippen molar-refractivity contribution in [3.8, 4) is 0 Å². The molecule has 2 nitrogen and oxygen atoms in total. The number of benzene rings is 1. The Morgan fingerprint density at radius 3 is 2.50 bits per heavy atom. The fraction of sp³-hybridized carbons (Fsp3) is 0.538. The van der Waals surface area contributed by atoms with Gasteiger partial charge in [-0.3, -0.25) is 11.3 Å². The summed E-state index contributed by atoms with van der Waals surface area (Å²) in [5, 5.41) is 0.